The summed E-state index contributed by atoms with van der Waals surface area (Å²) < 4.78 is 58.9. The fraction of sp³-hybridized carbons (Fsp3) is 0.577. The Bertz CT molecular complexity index is 2570. The fourth-order valence-corrected chi connectivity index (χ4v) is 16.3. The Hall–Kier alpha value is -5.04. The molecule has 1 aliphatic carbocycles. The standard InChI is InChI=1S/C52H68F2N6O6Si/c1-32(2)67(33(3)4,34(5)6)22-17-35-13-12-14-36-23-39(65-31-63-11)24-40(44(35)36)45-42(53)25-41-47(46(45)54)55-49(64-30-52(18-19-52)29-58-21-20-57(10)43(61)28-58)56-48(41)59-26-37-15-16-38(27-59)60(37)50(62)66-51(7,8)9/h12-14,23-25,32-34,37-38H,15-16,18-21,26-31H2,1-11H3. The number of halogens is 2. The van der Waals surface area contributed by atoms with Gasteiger partial charge in [-0.25, -0.2) is 13.6 Å². The topological polar surface area (TPSA) is 110 Å². The van der Waals surface area contributed by atoms with E-state index < -0.39 is 25.3 Å². The maximum atomic E-state index is 18.0. The third-order valence-corrected chi connectivity index (χ3v) is 20.9. The molecule has 4 aromatic rings. The number of carbonyl (C=O) groups excluding carboxylic acids is 2. The largest absolute Gasteiger partial charge is 0.468 e. The first kappa shape index (κ1) is 48.4. The quantitative estimate of drug-likeness (QED) is 0.0731. The Morgan fingerprint density at radius 1 is 0.955 bits per heavy atom. The normalized spacial score (nSPS) is 19.8. The van der Waals surface area contributed by atoms with E-state index in [9.17, 15) is 9.59 Å². The highest BCUT2D eigenvalue weighted by Gasteiger charge is 2.47. The summed E-state index contributed by atoms with van der Waals surface area (Å²) in [5.74, 6) is 2.73. The van der Waals surface area contributed by atoms with Gasteiger partial charge in [0.2, 0.25) is 5.91 Å². The van der Waals surface area contributed by atoms with Crippen molar-refractivity contribution in [2.24, 2.45) is 5.41 Å². The van der Waals surface area contributed by atoms with Crippen molar-refractivity contribution < 1.29 is 37.3 Å². The molecule has 3 aliphatic heterocycles. The van der Waals surface area contributed by atoms with Crippen molar-refractivity contribution in [1.82, 2.24) is 24.7 Å². The number of piperazine rings is 2. The molecule has 3 saturated heterocycles. The van der Waals surface area contributed by atoms with Gasteiger partial charge in [0.1, 0.15) is 36.6 Å². The average molecular weight is 939 g/mol. The molecule has 15 heteroatoms. The minimum Gasteiger partial charge on any atom is -0.468 e. The van der Waals surface area contributed by atoms with E-state index >= 15 is 8.78 Å². The number of likely N-dealkylation sites (N-methyl/N-ethyl adjacent to an activating group) is 1. The maximum Gasteiger partial charge on any atom is 0.410 e. The number of fused-ring (bicyclic) bond motifs is 4. The van der Waals surface area contributed by atoms with E-state index in [2.05, 4.69) is 57.9 Å². The number of nitrogens with zero attached hydrogens (tertiary/aromatic N) is 6. The Balaban J connectivity index is 1.26. The van der Waals surface area contributed by atoms with E-state index in [0.717, 1.165) is 32.2 Å². The first-order valence-corrected chi connectivity index (χ1v) is 26.2. The summed E-state index contributed by atoms with van der Waals surface area (Å²) in [5, 5.41) is 1.52. The Kier molecular flexibility index (Phi) is 13.6. The van der Waals surface area contributed by atoms with Gasteiger partial charge < -0.3 is 28.7 Å². The molecule has 1 saturated carbocycles. The molecule has 1 aromatic heterocycles. The molecule has 2 unspecified atom stereocenters. The van der Waals surface area contributed by atoms with Crippen molar-refractivity contribution in [3.63, 3.8) is 0 Å². The lowest BCUT2D eigenvalue weighted by Crippen LogP contribution is -2.57. The van der Waals surface area contributed by atoms with Crippen LogP contribution in [0.4, 0.5) is 19.4 Å². The van der Waals surface area contributed by atoms with Crippen LogP contribution in [0, 0.1) is 28.5 Å². The summed E-state index contributed by atoms with van der Waals surface area (Å²) in [6.45, 7) is 22.5. The van der Waals surface area contributed by atoms with Gasteiger partial charge in [0.25, 0.3) is 0 Å². The smallest absolute Gasteiger partial charge is 0.410 e. The van der Waals surface area contributed by atoms with Crippen LogP contribution >= 0.6 is 0 Å². The Labute approximate surface area is 395 Å². The Morgan fingerprint density at radius 2 is 1.64 bits per heavy atom. The second-order valence-electron chi connectivity index (χ2n) is 21.3. The lowest BCUT2D eigenvalue weighted by atomic mass is 9.93. The summed E-state index contributed by atoms with van der Waals surface area (Å²) in [7, 11) is 1.13. The highest BCUT2D eigenvalue weighted by Crippen LogP contribution is 2.48. The Morgan fingerprint density at radius 3 is 2.25 bits per heavy atom. The molecular weight excluding hydrogens is 871 g/mol. The molecule has 0 N–H and O–H groups in total. The summed E-state index contributed by atoms with van der Waals surface area (Å²) in [6, 6.07) is 10.2. The lowest BCUT2D eigenvalue weighted by Gasteiger charge is -2.42. The molecule has 67 heavy (non-hydrogen) atoms. The second kappa shape index (κ2) is 18.8. The SMILES string of the molecule is COCOc1cc(-c2c(F)cc3c(N4CC5CCC(C4)N5C(=O)OC(C)(C)C)nc(OCC4(CN5CCN(C)C(=O)C5)CC4)nc3c2F)c2c(C#C[Si](C(C)C)(C(C)C)C(C)C)cccc2c1. The summed E-state index contributed by atoms with van der Waals surface area (Å²) in [5.41, 5.74) is 4.70. The molecule has 0 spiro atoms. The van der Waals surface area contributed by atoms with E-state index in [-0.39, 0.29) is 70.9 Å². The van der Waals surface area contributed by atoms with E-state index in [0.29, 0.717) is 77.3 Å². The van der Waals surface area contributed by atoms with Crippen LogP contribution in [0.15, 0.2) is 36.4 Å². The van der Waals surface area contributed by atoms with Gasteiger partial charge in [0, 0.05) is 74.2 Å². The van der Waals surface area contributed by atoms with Crippen LogP contribution in [-0.2, 0) is 14.3 Å². The van der Waals surface area contributed by atoms with E-state index in [4.69, 9.17) is 28.9 Å². The molecule has 2 amide bonds. The molecule has 360 valence electrons. The molecule has 3 aromatic carbocycles. The number of ether oxygens (including phenoxy) is 4. The highest BCUT2D eigenvalue weighted by molar-refractivity contribution is 6.90. The fourth-order valence-electron chi connectivity index (χ4n) is 11.1. The molecular formula is C52H68F2N6O6Si. The first-order chi connectivity index (χ1) is 31.7. The summed E-state index contributed by atoms with van der Waals surface area (Å²) in [6.07, 6.45) is 2.96. The molecule has 4 heterocycles. The number of anilines is 1. The number of methoxy groups -OCH3 is 1. The van der Waals surface area contributed by atoms with Gasteiger partial charge in [-0.2, -0.15) is 9.97 Å². The molecule has 2 bridgehead atoms. The van der Waals surface area contributed by atoms with Crippen LogP contribution in [0.2, 0.25) is 16.6 Å². The van der Waals surface area contributed by atoms with E-state index in [1.165, 1.54) is 13.2 Å². The van der Waals surface area contributed by atoms with E-state index in [1.807, 2.05) is 61.9 Å². The van der Waals surface area contributed by atoms with Crippen molar-refractivity contribution in [3.05, 3.63) is 53.6 Å². The van der Waals surface area contributed by atoms with Crippen LogP contribution in [0.3, 0.4) is 0 Å². The third-order valence-electron chi connectivity index (χ3n) is 14.6. The average Bonchev–Trinajstić information content (AvgIpc) is 3.97. The van der Waals surface area contributed by atoms with Crippen molar-refractivity contribution >= 4 is 47.6 Å². The van der Waals surface area contributed by atoms with Crippen molar-refractivity contribution in [3.8, 4) is 34.4 Å². The predicted molar refractivity (Wildman–Crippen MR) is 261 cm³/mol. The third kappa shape index (κ3) is 9.68. The van der Waals surface area contributed by atoms with Crippen LogP contribution in [0.25, 0.3) is 32.8 Å². The van der Waals surface area contributed by atoms with Gasteiger partial charge in [-0.1, -0.05) is 59.6 Å². The second-order valence-corrected chi connectivity index (χ2v) is 26.9. The number of hydrogen-bond acceptors (Lipinski definition) is 10. The van der Waals surface area contributed by atoms with Gasteiger partial charge in [-0.3, -0.25) is 14.6 Å². The first-order valence-electron chi connectivity index (χ1n) is 24.0. The molecule has 2 atom stereocenters. The zero-order valence-electron chi connectivity index (χ0n) is 41.2. The van der Waals surface area contributed by atoms with Crippen molar-refractivity contribution in [1.29, 1.82) is 0 Å². The van der Waals surface area contributed by atoms with Gasteiger partial charge in [-0.05, 0) is 92.7 Å². The highest BCUT2D eigenvalue weighted by atomic mass is 28.3. The molecule has 0 radical (unpaired) electrons. The van der Waals surface area contributed by atoms with Gasteiger partial charge in [0.05, 0.1) is 30.8 Å². The molecule has 4 fully saturated rings. The van der Waals surface area contributed by atoms with Crippen LogP contribution < -0.4 is 14.4 Å². The van der Waals surface area contributed by atoms with Crippen LogP contribution in [0.1, 0.15) is 93.6 Å². The van der Waals surface area contributed by atoms with E-state index in [1.54, 1.807) is 11.0 Å². The summed E-state index contributed by atoms with van der Waals surface area (Å²) in [4.78, 5) is 43.5. The van der Waals surface area contributed by atoms with Crippen molar-refractivity contribution in [2.45, 2.75) is 122 Å². The van der Waals surface area contributed by atoms with Crippen LogP contribution in [0.5, 0.6) is 11.8 Å². The number of hydrogen-bond donors (Lipinski definition) is 0. The minimum atomic E-state index is -2.21. The van der Waals surface area contributed by atoms with Gasteiger partial charge >= 0.3 is 12.1 Å². The number of aromatic nitrogens is 2. The minimum absolute atomic E-state index is 0.0208. The van der Waals surface area contributed by atoms with Crippen LogP contribution in [-0.4, -0.2) is 129 Å². The number of benzene rings is 3. The van der Waals surface area contributed by atoms with Gasteiger partial charge in [0.15, 0.2) is 12.6 Å². The maximum absolute atomic E-state index is 18.0. The molecule has 4 aliphatic rings. The monoisotopic (exact) mass is 938 g/mol. The molecule has 12 nitrogen and oxygen atoms in total. The zero-order chi connectivity index (χ0) is 48.2. The molecule has 8 rings (SSSR count). The zero-order valence-corrected chi connectivity index (χ0v) is 42.2. The predicted octanol–water partition coefficient (Wildman–Crippen LogP) is 9.80. The number of carbonyl (C=O) groups is 2. The van der Waals surface area contributed by atoms with Gasteiger partial charge in [-0.15, -0.1) is 5.54 Å². The lowest BCUT2D eigenvalue weighted by molar-refractivity contribution is -0.134. The summed E-state index contributed by atoms with van der Waals surface area (Å²) >= 11 is 0. The number of rotatable bonds is 13. The number of amides is 2. The van der Waals surface area contributed by atoms with Crippen molar-refractivity contribution in [2.75, 3.05) is 71.7 Å².